The number of piperidine rings is 1. The van der Waals surface area contributed by atoms with Crippen LogP contribution in [0.2, 0.25) is 0 Å². The van der Waals surface area contributed by atoms with Gasteiger partial charge in [0.05, 0.1) is 5.56 Å². The first kappa shape index (κ1) is 16.1. The maximum absolute atomic E-state index is 12.6. The molecule has 0 aromatic heterocycles. The summed E-state index contributed by atoms with van der Waals surface area (Å²) < 4.78 is 37.8. The molecule has 2 aliphatic heterocycles. The van der Waals surface area contributed by atoms with E-state index in [2.05, 4.69) is 10.2 Å². The summed E-state index contributed by atoms with van der Waals surface area (Å²) in [7, 11) is 0. The Bertz CT molecular complexity index is 559. The first-order chi connectivity index (χ1) is 10.9. The first-order valence-electron chi connectivity index (χ1n) is 7.86. The highest BCUT2D eigenvalue weighted by atomic mass is 19.4. The average Bonchev–Trinajstić information content (AvgIpc) is 2.93. The maximum Gasteiger partial charge on any atom is 0.416 e. The molecule has 0 radical (unpaired) electrons. The monoisotopic (exact) mass is 327 g/mol. The Balaban J connectivity index is 1.60. The molecule has 126 valence electrons. The van der Waals surface area contributed by atoms with E-state index >= 15 is 0 Å². The Hall–Kier alpha value is -1.76. The SMILES string of the molecule is O=C1NCCN1C1CCCN(Cc2ccc(C(F)(F)F)cc2)C1. The van der Waals surface area contributed by atoms with Gasteiger partial charge in [0, 0.05) is 32.2 Å². The van der Waals surface area contributed by atoms with Crippen LogP contribution in [0.1, 0.15) is 24.0 Å². The molecular formula is C16H20F3N3O. The van der Waals surface area contributed by atoms with Gasteiger partial charge in [0.25, 0.3) is 0 Å². The molecule has 0 saturated carbocycles. The molecule has 1 aromatic carbocycles. The first-order valence-corrected chi connectivity index (χ1v) is 7.86. The van der Waals surface area contributed by atoms with Crippen molar-refractivity contribution in [2.75, 3.05) is 26.2 Å². The molecule has 2 heterocycles. The fraction of sp³-hybridized carbons (Fsp3) is 0.562. The lowest BCUT2D eigenvalue weighted by atomic mass is 10.0. The van der Waals surface area contributed by atoms with E-state index in [9.17, 15) is 18.0 Å². The molecule has 3 rings (SSSR count). The van der Waals surface area contributed by atoms with E-state index in [1.54, 1.807) is 0 Å². The van der Waals surface area contributed by atoms with Crippen molar-refractivity contribution in [1.29, 1.82) is 0 Å². The zero-order valence-electron chi connectivity index (χ0n) is 12.8. The Morgan fingerprint density at radius 1 is 1.17 bits per heavy atom. The number of benzene rings is 1. The van der Waals surface area contributed by atoms with Gasteiger partial charge in [-0.3, -0.25) is 4.90 Å². The van der Waals surface area contributed by atoms with Crippen molar-refractivity contribution >= 4 is 6.03 Å². The Labute approximate surface area is 133 Å². The molecule has 2 amide bonds. The normalized spacial score (nSPS) is 23.2. The number of alkyl halides is 3. The minimum absolute atomic E-state index is 0.00798. The number of amides is 2. The van der Waals surface area contributed by atoms with Gasteiger partial charge in [-0.05, 0) is 37.1 Å². The highest BCUT2D eigenvalue weighted by Crippen LogP contribution is 2.29. The van der Waals surface area contributed by atoms with Crippen molar-refractivity contribution in [1.82, 2.24) is 15.1 Å². The van der Waals surface area contributed by atoms with Crippen LogP contribution in [0.3, 0.4) is 0 Å². The average molecular weight is 327 g/mol. The van der Waals surface area contributed by atoms with Gasteiger partial charge in [-0.2, -0.15) is 13.2 Å². The van der Waals surface area contributed by atoms with E-state index in [0.717, 1.165) is 50.2 Å². The Kier molecular flexibility index (Phi) is 4.48. The van der Waals surface area contributed by atoms with Crippen LogP contribution in [0.25, 0.3) is 0 Å². The van der Waals surface area contributed by atoms with Gasteiger partial charge in [-0.15, -0.1) is 0 Å². The summed E-state index contributed by atoms with van der Waals surface area (Å²) in [5, 5.41) is 2.81. The third-order valence-electron chi connectivity index (χ3n) is 4.50. The van der Waals surface area contributed by atoms with E-state index in [1.807, 2.05) is 4.90 Å². The number of carbonyl (C=O) groups is 1. The summed E-state index contributed by atoms with van der Waals surface area (Å²) in [4.78, 5) is 15.8. The predicted octanol–water partition coefficient (Wildman–Crippen LogP) is 2.70. The number of likely N-dealkylation sites (tertiary alicyclic amines) is 1. The molecule has 23 heavy (non-hydrogen) atoms. The number of hydrogen-bond acceptors (Lipinski definition) is 2. The number of hydrogen-bond donors (Lipinski definition) is 1. The van der Waals surface area contributed by atoms with Crippen LogP contribution in [-0.2, 0) is 12.7 Å². The summed E-state index contributed by atoms with van der Waals surface area (Å²) >= 11 is 0. The molecule has 2 aliphatic rings. The van der Waals surface area contributed by atoms with Crippen LogP contribution in [0.4, 0.5) is 18.0 Å². The zero-order chi connectivity index (χ0) is 16.4. The number of urea groups is 1. The number of nitrogens with one attached hydrogen (secondary N) is 1. The highest BCUT2D eigenvalue weighted by Gasteiger charge is 2.32. The fourth-order valence-corrected chi connectivity index (χ4v) is 3.32. The second-order valence-corrected chi connectivity index (χ2v) is 6.15. The van der Waals surface area contributed by atoms with Crippen LogP contribution >= 0.6 is 0 Å². The van der Waals surface area contributed by atoms with E-state index < -0.39 is 11.7 Å². The van der Waals surface area contributed by atoms with Gasteiger partial charge in [0.1, 0.15) is 0 Å². The Morgan fingerprint density at radius 3 is 2.52 bits per heavy atom. The number of nitrogens with zero attached hydrogens (tertiary/aromatic N) is 2. The molecule has 0 bridgehead atoms. The minimum Gasteiger partial charge on any atom is -0.336 e. The summed E-state index contributed by atoms with van der Waals surface area (Å²) in [5.41, 5.74) is 0.246. The topological polar surface area (TPSA) is 35.6 Å². The molecule has 2 fully saturated rings. The van der Waals surface area contributed by atoms with Crippen molar-refractivity contribution in [3.05, 3.63) is 35.4 Å². The summed E-state index contributed by atoms with van der Waals surface area (Å²) in [6, 6.07) is 5.52. The smallest absolute Gasteiger partial charge is 0.336 e. The zero-order valence-corrected chi connectivity index (χ0v) is 12.8. The molecule has 1 N–H and O–H groups in total. The number of rotatable bonds is 3. The van der Waals surface area contributed by atoms with Gasteiger partial charge in [0.2, 0.25) is 0 Å². The molecule has 4 nitrogen and oxygen atoms in total. The van der Waals surface area contributed by atoms with Crippen molar-refractivity contribution in [2.45, 2.75) is 31.6 Å². The van der Waals surface area contributed by atoms with E-state index in [4.69, 9.17) is 0 Å². The van der Waals surface area contributed by atoms with Gasteiger partial charge < -0.3 is 10.2 Å². The van der Waals surface area contributed by atoms with Gasteiger partial charge >= 0.3 is 12.2 Å². The second kappa shape index (κ2) is 6.39. The van der Waals surface area contributed by atoms with Gasteiger partial charge in [-0.1, -0.05) is 12.1 Å². The Morgan fingerprint density at radius 2 is 1.91 bits per heavy atom. The largest absolute Gasteiger partial charge is 0.416 e. The number of halogens is 3. The van der Waals surface area contributed by atoms with Crippen molar-refractivity contribution in [3.63, 3.8) is 0 Å². The maximum atomic E-state index is 12.6. The highest BCUT2D eigenvalue weighted by molar-refractivity contribution is 5.76. The minimum atomic E-state index is -4.29. The molecule has 1 atom stereocenters. The van der Waals surface area contributed by atoms with Crippen LogP contribution < -0.4 is 5.32 Å². The number of carbonyl (C=O) groups excluding carboxylic acids is 1. The van der Waals surface area contributed by atoms with Crippen LogP contribution in [-0.4, -0.2) is 48.1 Å². The second-order valence-electron chi connectivity index (χ2n) is 6.15. The standard InChI is InChI=1S/C16H20F3N3O/c17-16(18,19)13-5-3-12(4-6-13)10-21-8-1-2-14(11-21)22-9-7-20-15(22)23/h3-6,14H,1-2,7-11H2,(H,20,23). The third-order valence-corrected chi connectivity index (χ3v) is 4.50. The summed E-state index contributed by atoms with van der Waals surface area (Å²) in [6.45, 7) is 3.72. The molecule has 7 heteroatoms. The van der Waals surface area contributed by atoms with E-state index in [1.165, 1.54) is 12.1 Å². The van der Waals surface area contributed by atoms with Crippen LogP contribution in [0.15, 0.2) is 24.3 Å². The van der Waals surface area contributed by atoms with Crippen molar-refractivity contribution in [3.8, 4) is 0 Å². The quantitative estimate of drug-likeness (QED) is 0.926. The van der Waals surface area contributed by atoms with E-state index in [-0.39, 0.29) is 12.1 Å². The molecule has 0 spiro atoms. The van der Waals surface area contributed by atoms with Crippen molar-refractivity contribution in [2.24, 2.45) is 0 Å². The predicted molar refractivity (Wildman–Crippen MR) is 79.8 cm³/mol. The van der Waals surface area contributed by atoms with Gasteiger partial charge in [-0.25, -0.2) is 4.79 Å². The summed E-state index contributed by atoms with van der Waals surface area (Å²) in [6.07, 6.45) is -2.32. The molecular weight excluding hydrogens is 307 g/mol. The molecule has 0 aliphatic carbocycles. The lowest BCUT2D eigenvalue weighted by Gasteiger charge is -2.37. The van der Waals surface area contributed by atoms with E-state index in [0.29, 0.717) is 13.1 Å². The summed E-state index contributed by atoms with van der Waals surface area (Å²) in [5.74, 6) is 0. The van der Waals surface area contributed by atoms with Crippen LogP contribution in [0, 0.1) is 0 Å². The van der Waals surface area contributed by atoms with Gasteiger partial charge in [0.15, 0.2) is 0 Å². The lowest BCUT2D eigenvalue weighted by Crippen LogP contribution is -2.48. The van der Waals surface area contributed by atoms with Crippen molar-refractivity contribution < 1.29 is 18.0 Å². The fourth-order valence-electron chi connectivity index (χ4n) is 3.32. The van der Waals surface area contributed by atoms with Crippen LogP contribution in [0.5, 0.6) is 0 Å². The molecule has 2 saturated heterocycles. The lowest BCUT2D eigenvalue weighted by molar-refractivity contribution is -0.137. The third kappa shape index (κ3) is 3.77. The molecule has 1 unspecified atom stereocenters. The molecule has 1 aromatic rings.